The zero-order valence-corrected chi connectivity index (χ0v) is 15.0. The van der Waals surface area contributed by atoms with Crippen LogP contribution in [0.1, 0.15) is 16.9 Å². The Kier molecular flexibility index (Phi) is 5.65. The number of hydrogen-bond donors (Lipinski definition) is 3. The van der Waals surface area contributed by atoms with E-state index in [-0.39, 0.29) is 16.5 Å². The molecule has 1 aromatic rings. The van der Waals surface area contributed by atoms with Crippen LogP contribution in [0, 0.1) is 0 Å². The van der Waals surface area contributed by atoms with Crippen molar-refractivity contribution in [1.82, 2.24) is 19.9 Å². The first kappa shape index (κ1) is 17.5. The first-order chi connectivity index (χ1) is 11.6. The molecule has 0 aliphatic carbocycles. The SMILES string of the molecule is O=C(NCC1=CCNCC1)c1cc(S(=O)(=O)N2CCSCC2)c[nH]1. The van der Waals surface area contributed by atoms with Crippen LogP contribution >= 0.6 is 11.8 Å². The van der Waals surface area contributed by atoms with E-state index < -0.39 is 10.0 Å². The lowest BCUT2D eigenvalue weighted by Crippen LogP contribution is -2.37. The van der Waals surface area contributed by atoms with Crippen molar-refractivity contribution in [2.24, 2.45) is 0 Å². The lowest BCUT2D eigenvalue weighted by Gasteiger charge is -2.24. The Labute approximate surface area is 146 Å². The largest absolute Gasteiger partial charge is 0.356 e. The van der Waals surface area contributed by atoms with Gasteiger partial charge in [-0.05, 0) is 19.0 Å². The predicted molar refractivity (Wildman–Crippen MR) is 94.8 cm³/mol. The van der Waals surface area contributed by atoms with E-state index in [0.717, 1.165) is 31.0 Å². The molecule has 0 aromatic carbocycles. The maximum Gasteiger partial charge on any atom is 0.267 e. The van der Waals surface area contributed by atoms with Crippen LogP contribution in [0.4, 0.5) is 0 Å². The number of hydrogen-bond acceptors (Lipinski definition) is 5. The Morgan fingerprint density at radius 1 is 1.33 bits per heavy atom. The molecule has 24 heavy (non-hydrogen) atoms. The predicted octanol–water partition coefficient (Wildman–Crippen LogP) is 0.402. The molecule has 0 spiro atoms. The van der Waals surface area contributed by atoms with E-state index in [1.165, 1.54) is 22.1 Å². The lowest BCUT2D eigenvalue weighted by molar-refractivity contribution is 0.0952. The molecular formula is C15H22N4O3S2. The fraction of sp³-hybridized carbons (Fsp3) is 0.533. The molecule has 9 heteroatoms. The van der Waals surface area contributed by atoms with Crippen LogP contribution in [-0.4, -0.2) is 67.8 Å². The number of carbonyl (C=O) groups is 1. The monoisotopic (exact) mass is 370 g/mol. The summed E-state index contributed by atoms with van der Waals surface area (Å²) < 4.78 is 26.6. The summed E-state index contributed by atoms with van der Waals surface area (Å²) in [6, 6.07) is 1.42. The molecule has 0 unspecified atom stereocenters. The van der Waals surface area contributed by atoms with Crippen molar-refractivity contribution < 1.29 is 13.2 Å². The molecule has 0 saturated carbocycles. The van der Waals surface area contributed by atoms with Crippen LogP contribution in [0.25, 0.3) is 0 Å². The molecule has 1 aromatic heterocycles. The van der Waals surface area contributed by atoms with E-state index in [4.69, 9.17) is 0 Å². The van der Waals surface area contributed by atoms with Gasteiger partial charge in [0.1, 0.15) is 10.6 Å². The maximum atomic E-state index is 12.6. The van der Waals surface area contributed by atoms with Crippen LogP contribution in [0.2, 0.25) is 0 Å². The molecule has 132 valence electrons. The number of aromatic amines is 1. The minimum atomic E-state index is -3.52. The lowest BCUT2D eigenvalue weighted by atomic mass is 10.1. The smallest absolute Gasteiger partial charge is 0.267 e. The van der Waals surface area contributed by atoms with E-state index in [9.17, 15) is 13.2 Å². The highest BCUT2D eigenvalue weighted by Gasteiger charge is 2.27. The molecule has 2 aliphatic rings. The normalized spacial score (nSPS) is 19.8. The number of sulfonamides is 1. The Hall–Kier alpha value is -1.29. The average molecular weight is 371 g/mol. The van der Waals surface area contributed by atoms with Crippen molar-refractivity contribution >= 4 is 27.7 Å². The molecule has 0 bridgehead atoms. The quantitative estimate of drug-likeness (QED) is 0.653. The van der Waals surface area contributed by atoms with E-state index in [1.807, 2.05) is 0 Å². The molecule has 3 N–H and O–H groups in total. The number of carbonyl (C=O) groups excluding carboxylic acids is 1. The molecule has 1 amide bonds. The molecule has 1 saturated heterocycles. The first-order valence-electron chi connectivity index (χ1n) is 8.00. The van der Waals surface area contributed by atoms with Gasteiger partial charge in [-0.3, -0.25) is 4.79 Å². The van der Waals surface area contributed by atoms with Crippen LogP contribution in [0.3, 0.4) is 0 Å². The number of nitrogens with one attached hydrogen (secondary N) is 3. The van der Waals surface area contributed by atoms with Crippen LogP contribution in [-0.2, 0) is 10.0 Å². The van der Waals surface area contributed by atoms with Crippen molar-refractivity contribution in [2.75, 3.05) is 44.2 Å². The van der Waals surface area contributed by atoms with Crippen molar-refractivity contribution in [3.05, 3.63) is 29.6 Å². The summed E-state index contributed by atoms with van der Waals surface area (Å²) >= 11 is 1.75. The van der Waals surface area contributed by atoms with Gasteiger partial charge in [0.15, 0.2) is 0 Å². The fourth-order valence-corrected chi connectivity index (χ4v) is 5.28. The van der Waals surface area contributed by atoms with Crippen LogP contribution < -0.4 is 10.6 Å². The molecule has 3 rings (SSSR count). The molecule has 1 fully saturated rings. The summed E-state index contributed by atoms with van der Waals surface area (Å²) in [6.45, 7) is 3.26. The number of H-pyrrole nitrogens is 1. The highest BCUT2D eigenvalue weighted by atomic mass is 32.2. The second-order valence-electron chi connectivity index (χ2n) is 5.76. The highest BCUT2D eigenvalue weighted by Crippen LogP contribution is 2.20. The van der Waals surface area contributed by atoms with Gasteiger partial charge in [0.2, 0.25) is 10.0 Å². The number of aromatic nitrogens is 1. The summed E-state index contributed by atoms with van der Waals surface area (Å²) in [5.74, 6) is 1.33. The third-order valence-corrected chi connectivity index (χ3v) is 6.96. The number of amides is 1. The van der Waals surface area contributed by atoms with Gasteiger partial charge in [-0.1, -0.05) is 11.6 Å². The Morgan fingerprint density at radius 2 is 2.12 bits per heavy atom. The molecule has 3 heterocycles. The number of thioether (sulfide) groups is 1. The van der Waals surface area contributed by atoms with Crippen molar-refractivity contribution in [1.29, 1.82) is 0 Å². The van der Waals surface area contributed by atoms with Gasteiger partial charge < -0.3 is 15.6 Å². The fourth-order valence-electron chi connectivity index (χ4n) is 2.71. The van der Waals surface area contributed by atoms with E-state index in [0.29, 0.717) is 19.6 Å². The number of nitrogens with zero attached hydrogens (tertiary/aromatic N) is 1. The minimum Gasteiger partial charge on any atom is -0.356 e. The molecule has 7 nitrogen and oxygen atoms in total. The topological polar surface area (TPSA) is 94.3 Å². The Morgan fingerprint density at radius 3 is 2.83 bits per heavy atom. The van der Waals surface area contributed by atoms with E-state index in [1.54, 1.807) is 11.8 Å². The van der Waals surface area contributed by atoms with E-state index in [2.05, 4.69) is 21.7 Å². The second kappa shape index (κ2) is 7.73. The Bertz CT molecular complexity index is 721. The maximum absolute atomic E-state index is 12.6. The van der Waals surface area contributed by atoms with Gasteiger partial charge in [0.25, 0.3) is 5.91 Å². The summed E-state index contributed by atoms with van der Waals surface area (Å²) in [4.78, 5) is 15.1. The van der Waals surface area contributed by atoms with Gasteiger partial charge in [0.05, 0.1) is 0 Å². The summed E-state index contributed by atoms with van der Waals surface area (Å²) in [5, 5.41) is 6.05. The van der Waals surface area contributed by atoms with Gasteiger partial charge in [-0.15, -0.1) is 0 Å². The van der Waals surface area contributed by atoms with Crippen LogP contribution in [0.15, 0.2) is 28.8 Å². The first-order valence-corrected chi connectivity index (χ1v) is 10.6. The molecular weight excluding hydrogens is 348 g/mol. The second-order valence-corrected chi connectivity index (χ2v) is 8.93. The van der Waals surface area contributed by atoms with Gasteiger partial charge >= 0.3 is 0 Å². The highest BCUT2D eigenvalue weighted by molar-refractivity contribution is 7.99. The van der Waals surface area contributed by atoms with Gasteiger partial charge in [-0.25, -0.2) is 8.42 Å². The standard InChI is InChI=1S/C15H22N4O3S2/c20-15(18-10-12-1-3-16-4-2-12)14-9-13(11-17-14)24(21,22)19-5-7-23-8-6-19/h1,9,11,16-17H,2-8,10H2,(H,18,20). The zero-order chi connectivity index (χ0) is 17.0. The average Bonchev–Trinajstić information content (AvgIpc) is 3.12. The van der Waals surface area contributed by atoms with Crippen molar-refractivity contribution in [2.45, 2.75) is 11.3 Å². The third-order valence-electron chi connectivity index (χ3n) is 4.14. The van der Waals surface area contributed by atoms with Crippen molar-refractivity contribution in [3.63, 3.8) is 0 Å². The molecule has 2 aliphatic heterocycles. The summed E-state index contributed by atoms with van der Waals surface area (Å²) in [7, 11) is -3.52. The molecule has 0 radical (unpaired) electrons. The summed E-state index contributed by atoms with van der Waals surface area (Å²) in [6.07, 6.45) is 4.39. The van der Waals surface area contributed by atoms with E-state index >= 15 is 0 Å². The molecule has 0 atom stereocenters. The van der Waals surface area contributed by atoms with Crippen LogP contribution in [0.5, 0.6) is 0 Å². The van der Waals surface area contributed by atoms with Gasteiger partial charge in [0, 0.05) is 43.9 Å². The summed E-state index contributed by atoms with van der Waals surface area (Å²) in [5.41, 5.74) is 1.46. The van der Waals surface area contributed by atoms with Gasteiger partial charge in [-0.2, -0.15) is 16.1 Å². The third kappa shape index (κ3) is 4.02. The zero-order valence-electron chi connectivity index (χ0n) is 13.4. The number of rotatable bonds is 5. The van der Waals surface area contributed by atoms with Crippen molar-refractivity contribution in [3.8, 4) is 0 Å². The minimum absolute atomic E-state index is 0.153. The Balaban J connectivity index is 1.63.